The first kappa shape index (κ1) is 16.3. The second-order valence-electron chi connectivity index (χ2n) is 6.96. The van der Waals surface area contributed by atoms with E-state index in [1.807, 2.05) is 12.1 Å². The summed E-state index contributed by atoms with van der Waals surface area (Å²) in [7, 11) is -3.24. The molecule has 1 aliphatic carbocycles. The lowest BCUT2D eigenvalue weighted by Crippen LogP contribution is -2.35. The highest BCUT2D eigenvalue weighted by Gasteiger charge is 2.25. The van der Waals surface area contributed by atoms with Crippen LogP contribution in [0.2, 0.25) is 0 Å². The third kappa shape index (κ3) is 2.97. The maximum Gasteiger partial charge on any atom is 0.258 e. The van der Waals surface area contributed by atoms with Gasteiger partial charge in [0.15, 0.2) is 9.84 Å². The van der Waals surface area contributed by atoms with Gasteiger partial charge in [-0.3, -0.25) is 4.79 Å². The summed E-state index contributed by atoms with van der Waals surface area (Å²) in [5.41, 5.74) is 5.14. The van der Waals surface area contributed by atoms with E-state index < -0.39 is 9.84 Å². The number of hydrogen-bond donors (Lipinski definition) is 0. The van der Waals surface area contributed by atoms with E-state index in [-0.39, 0.29) is 5.91 Å². The molecule has 1 aliphatic heterocycles. The van der Waals surface area contributed by atoms with Crippen molar-refractivity contribution in [3.8, 4) is 0 Å². The van der Waals surface area contributed by atoms with Crippen molar-refractivity contribution < 1.29 is 13.2 Å². The molecule has 2 aliphatic rings. The number of aryl methyl sites for hydroxylation is 3. The van der Waals surface area contributed by atoms with E-state index >= 15 is 0 Å². The molecule has 4 nitrogen and oxygen atoms in total. The van der Waals surface area contributed by atoms with Gasteiger partial charge >= 0.3 is 0 Å². The average molecular weight is 355 g/mol. The lowest BCUT2D eigenvalue weighted by molar-refractivity contribution is 0.0985. The zero-order valence-corrected chi connectivity index (χ0v) is 15.1. The molecule has 0 saturated carbocycles. The summed E-state index contributed by atoms with van der Waals surface area (Å²) in [6, 6.07) is 11.1. The topological polar surface area (TPSA) is 54.5 Å². The summed E-state index contributed by atoms with van der Waals surface area (Å²) in [5, 5.41) is 0. The largest absolute Gasteiger partial charge is 0.308 e. The Morgan fingerprint density at radius 2 is 1.68 bits per heavy atom. The van der Waals surface area contributed by atoms with Gasteiger partial charge in [0, 0.05) is 24.1 Å². The fraction of sp³-hybridized carbons (Fsp3) is 0.350. The van der Waals surface area contributed by atoms with E-state index in [0.29, 0.717) is 11.4 Å². The Balaban J connectivity index is 1.70. The van der Waals surface area contributed by atoms with Gasteiger partial charge in [0.1, 0.15) is 0 Å². The number of hydrogen-bond acceptors (Lipinski definition) is 3. The minimum absolute atomic E-state index is 0.00255. The van der Waals surface area contributed by atoms with Crippen LogP contribution < -0.4 is 4.90 Å². The second kappa shape index (κ2) is 5.99. The Kier molecular flexibility index (Phi) is 3.91. The molecule has 5 heteroatoms. The Morgan fingerprint density at radius 1 is 0.920 bits per heavy atom. The molecule has 0 spiro atoms. The number of nitrogens with zero attached hydrogens (tertiary/aromatic N) is 1. The molecule has 0 fully saturated rings. The minimum atomic E-state index is -3.24. The maximum absolute atomic E-state index is 13.1. The van der Waals surface area contributed by atoms with Crippen LogP contribution in [0, 0.1) is 0 Å². The van der Waals surface area contributed by atoms with Gasteiger partial charge in [-0.25, -0.2) is 8.42 Å². The highest BCUT2D eigenvalue weighted by atomic mass is 32.2. The first-order chi connectivity index (χ1) is 11.9. The maximum atomic E-state index is 13.1. The SMILES string of the molecule is CS(=O)(=O)c1ccc2c(c1)CCCN2C(=O)c1ccc2c(c1)CCC2. The highest BCUT2D eigenvalue weighted by Crippen LogP contribution is 2.31. The van der Waals surface area contributed by atoms with Crippen LogP contribution in [0.15, 0.2) is 41.3 Å². The molecule has 0 N–H and O–H groups in total. The molecular weight excluding hydrogens is 334 g/mol. The Bertz CT molecular complexity index is 963. The monoisotopic (exact) mass is 355 g/mol. The molecule has 0 saturated heterocycles. The van der Waals surface area contributed by atoms with E-state index in [1.165, 1.54) is 17.4 Å². The van der Waals surface area contributed by atoms with Gasteiger partial charge in [-0.1, -0.05) is 6.07 Å². The van der Waals surface area contributed by atoms with E-state index in [9.17, 15) is 13.2 Å². The highest BCUT2D eigenvalue weighted by molar-refractivity contribution is 7.90. The molecule has 130 valence electrons. The van der Waals surface area contributed by atoms with Crippen molar-refractivity contribution in [2.24, 2.45) is 0 Å². The Hall–Kier alpha value is -2.14. The quantitative estimate of drug-likeness (QED) is 0.831. The molecule has 0 bridgehead atoms. The lowest BCUT2D eigenvalue weighted by atomic mass is 10.00. The first-order valence-corrected chi connectivity index (χ1v) is 10.6. The number of carbonyl (C=O) groups is 1. The van der Waals surface area contributed by atoms with Crippen molar-refractivity contribution in [1.82, 2.24) is 0 Å². The summed E-state index contributed by atoms with van der Waals surface area (Å²) in [6.07, 6.45) is 6.16. The van der Waals surface area contributed by atoms with Crippen LogP contribution in [0.1, 0.15) is 39.9 Å². The van der Waals surface area contributed by atoms with Crippen LogP contribution in [0.3, 0.4) is 0 Å². The number of rotatable bonds is 2. The Morgan fingerprint density at radius 3 is 2.48 bits per heavy atom. The van der Waals surface area contributed by atoms with Crippen molar-refractivity contribution in [1.29, 1.82) is 0 Å². The normalized spacial score (nSPS) is 16.4. The zero-order valence-electron chi connectivity index (χ0n) is 14.3. The van der Waals surface area contributed by atoms with Crippen molar-refractivity contribution in [2.45, 2.75) is 37.0 Å². The number of sulfone groups is 1. The fourth-order valence-electron chi connectivity index (χ4n) is 3.88. The summed E-state index contributed by atoms with van der Waals surface area (Å²) >= 11 is 0. The van der Waals surface area contributed by atoms with E-state index in [0.717, 1.165) is 48.9 Å². The van der Waals surface area contributed by atoms with Crippen LogP contribution in [-0.2, 0) is 29.1 Å². The third-order valence-corrected chi connectivity index (χ3v) is 6.30. The van der Waals surface area contributed by atoms with Gasteiger partial charge in [0.25, 0.3) is 5.91 Å². The van der Waals surface area contributed by atoms with Crippen LogP contribution in [0.25, 0.3) is 0 Å². The van der Waals surface area contributed by atoms with Gasteiger partial charge < -0.3 is 4.90 Å². The molecule has 2 aromatic carbocycles. The molecule has 25 heavy (non-hydrogen) atoms. The van der Waals surface area contributed by atoms with Crippen molar-refractivity contribution in [2.75, 3.05) is 17.7 Å². The minimum Gasteiger partial charge on any atom is -0.308 e. The molecule has 0 aromatic heterocycles. The number of carbonyl (C=O) groups excluding carboxylic acids is 1. The number of fused-ring (bicyclic) bond motifs is 2. The Labute approximate surface area is 148 Å². The second-order valence-corrected chi connectivity index (χ2v) is 8.98. The third-order valence-electron chi connectivity index (χ3n) is 5.19. The lowest BCUT2D eigenvalue weighted by Gasteiger charge is -2.30. The number of anilines is 1. The van der Waals surface area contributed by atoms with E-state index in [1.54, 1.807) is 23.1 Å². The first-order valence-electron chi connectivity index (χ1n) is 8.70. The molecule has 0 atom stereocenters. The summed E-state index contributed by atoms with van der Waals surface area (Å²) in [5.74, 6) is 0.00255. The molecule has 1 heterocycles. The van der Waals surface area contributed by atoms with Crippen molar-refractivity contribution in [3.63, 3.8) is 0 Å². The van der Waals surface area contributed by atoms with Crippen molar-refractivity contribution >= 4 is 21.4 Å². The van der Waals surface area contributed by atoms with Gasteiger partial charge in [0.2, 0.25) is 0 Å². The van der Waals surface area contributed by atoms with Gasteiger partial charge in [0.05, 0.1) is 4.90 Å². The fourth-order valence-corrected chi connectivity index (χ4v) is 4.55. The van der Waals surface area contributed by atoms with Gasteiger partial charge in [-0.05, 0) is 79.1 Å². The van der Waals surface area contributed by atoms with Crippen LogP contribution in [0.4, 0.5) is 5.69 Å². The predicted octanol–water partition coefficient (Wildman–Crippen LogP) is 3.17. The average Bonchev–Trinajstić information content (AvgIpc) is 3.07. The van der Waals surface area contributed by atoms with Crippen molar-refractivity contribution in [3.05, 3.63) is 58.7 Å². The summed E-state index contributed by atoms with van der Waals surface area (Å²) in [6.45, 7) is 0.668. The predicted molar refractivity (Wildman–Crippen MR) is 98.0 cm³/mol. The van der Waals surface area contributed by atoms with E-state index in [2.05, 4.69) is 6.07 Å². The summed E-state index contributed by atoms with van der Waals surface area (Å²) < 4.78 is 23.6. The van der Waals surface area contributed by atoms with E-state index in [4.69, 9.17) is 0 Å². The standard InChI is InChI=1S/C20H21NO3S/c1-25(23,24)18-9-10-19-16(13-18)6-3-11-21(19)20(22)17-8-7-14-4-2-5-15(14)12-17/h7-10,12-13H,2-6,11H2,1H3. The zero-order chi connectivity index (χ0) is 17.6. The molecule has 0 radical (unpaired) electrons. The molecule has 4 rings (SSSR count). The number of amides is 1. The van der Waals surface area contributed by atoms with Gasteiger partial charge in [-0.15, -0.1) is 0 Å². The summed E-state index contributed by atoms with van der Waals surface area (Å²) in [4.78, 5) is 15.2. The van der Waals surface area contributed by atoms with Crippen LogP contribution in [-0.4, -0.2) is 27.1 Å². The van der Waals surface area contributed by atoms with Gasteiger partial charge in [-0.2, -0.15) is 0 Å². The molecular formula is C20H21NO3S. The van der Waals surface area contributed by atoms with Crippen LogP contribution >= 0.6 is 0 Å². The molecule has 2 aromatic rings. The smallest absolute Gasteiger partial charge is 0.258 e. The number of benzene rings is 2. The van der Waals surface area contributed by atoms with Crippen LogP contribution in [0.5, 0.6) is 0 Å². The molecule has 1 amide bonds. The molecule has 0 unspecified atom stereocenters.